The topological polar surface area (TPSA) is 81.9 Å². The Balaban J connectivity index is 1.80. The number of primary amides is 1. The van der Waals surface area contributed by atoms with Gasteiger partial charge in [0.05, 0.1) is 18.1 Å². The summed E-state index contributed by atoms with van der Waals surface area (Å²) >= 11 is 0. The van der Waals surface area contributed by atoms with Crippen molar-refractivity contribution in [1.29, 1.82) is 0 Å². The first kappa shape index (κ1) is 19.2. The normalized spacial score (nSPS) is 17.3. The fraction of sp³-hybridized carbons (Fsp3) is 0.579. The van der Waals surface area contributed by atoms with Crippen LogP contribution in [0.15, 0.2) is 24.3 Å². The average Bonchev–Trinajstić information content (AvgIpc) is 2.64. The summed E-state index contributed by atoms with van der Waals surface area (Å²) < 4.78 is 10.6. The highest BCUT2D eigenvalue weighted by Gasteiger charge is 2.24. The van der Waals surface area contributed by atoms with Gasteiger partial charge >= 0.3 is 5.97 Å². The van der Waals surface area contributed by atoms with Gasteiger partial charge in [-0.25, -0.2) is 4.79 Å². The number of unbranched alkanes of at least 4 members (excludes halogenated alkanes) is 1. The van der Waals surface area contributed by atoms with Gasteiger partial charge in [0.15, 0.2) is 0 Å². The highest BCUT2D eigenvalue weighted by molar-refractivity contribution is 5.89. The number of piperidine rings is 1. The highest BCUT2D eigenvalue weighted by Crippen LogP contribution is 2.23. The van der Waals surface area contributed by atoms with E-state index in [4.69, 9.17) is 15.2 Å². The zero-order valence-electron chi connectivity index (χ0n) is 14.9. The molecule has 0 aliphatic carbocycles. The van der Waals surface area contributed by atoms with Gasteiger partial charge in [-0.3, -0.25) is 4.79 Å². The Hall–Kier alpha value is -2.08. The summed E-state index contributed by atoms with van der Waals surface area (Å²) in [7, 11) is 0. The maximum Gasteiger partial charge on any atom is 0.338 e. The van der Waals surface area contributed by atoms with E-state index in [1.165, 1.54) is 0 Å². The van der Waals surface area contributed by atoms with E-state index in [1.807, 2.05) is 12.1 Å². The molecule has 1 heterocycles. The number of hydrogen-bond acceptors (Lipinski definition) is 5. The Bertz CT molecular complexity index is 559. The number of esters is 1. The van der Waals surface area contributed by atoms with Crippen molar-refractivity contribution in [1.82, 2.24) is 0 Å². The molecule has 0 unspecified atom stereocenters. The lowest BCUT2D eigenvalue weighted by molar-refractivity contribution is -0.122. The van der Waals surface area contributed by atoms with E-state index in [9.17, 15) is 9.59 Å². The molecule has 138 valence electrons. The molecular weight excluding hydrogens is 320 g/mol. The smallest absolute Gasteiger partial charge is 0.338 e. The fourth-order valence-corrected chi connectivity index (χ4v) is 2.88. The number of rotatable bonds is 9. The van der Waals surface area contributed by atoms with Gasteiger partial charge in [-0.05, 0) is 43.5 Å². The van der Waals surface area contributed by atoms with Crippen molar-refractivity contribution in [2.75, 3.05) is 37.8 Å². The molecule has 1 amide bonds. The number of carbonyl (C=O) groups excluding carboxylic acids is 2. The van der Waals surface area contributed by atoms with E-state index in [0.29, 0.717) is 25.3 Å². The predicted octanol–water partition coefficient (Wildman–Crippen LogP) is 2.36. The Kier molecular flexibility index (Phi) is 7.73. The third-order valence-corrected chi connectivity index (χ3v) is 4.39. The summed E-state index contributed by atoms with van der Waals surface area (Å²) in [5, 5.41) is 0. The molecule has 1 aliphatic rings. The zero-order chi connectivity index (χ0) is 18.1. The minimum Gasteiger partial charge on any atom is -0.460 e. The summed E-state index contributed by atoms with van der Waals surface area (Å²) in [6.07, 6.45) is 3.89. The van der Waals surface area contributed by atoms with Gasteiger partial charge in [0.1, 0.15) is 6.61 Å². The third kappa shape index (κ3) is 6.05. The molecule has 0 bridgehead atoms. The maximum absolute atomic E-state index is 12.0. The number of benzene rings is 1. The fourth-order valence-electron chi connectivity index (χ4n) is 2.88. The van der Waals surface area contributed by atoms with E-state index in [0.717, 1.165) is 37.9 Å². The Labute approximate surface area is 149 Å². The lowest BCUT2D eigenvalue weighted by atomic mass is 9.97. The maximum atomic E-state index is 12.0. The Morgan fingerprint density at radius 2 is 1.96 bits per heavy atom. The molecule has 1 atom stereocenters. The second-order valence-electron chi connectivity index (χ2n) is 6.34. The number of ether oxygens (including phenoxy) is 2. The summed E-state index contributed by atoms with van der Waals surface area (Å²) in [5.41, 5.74) is 6.92. The van der Waals surface area contributed by atoms with Crippen LogP contribution in [0.3, 0.4) is 0 Å². The molecule has 1 aromatic rings. The molecular formula is C19H28N2O4. The monoisotopic (exact) mass is 348 g/mol. The highest BCUT2D eigenvalue weighted by atomic mass is 16.6. The molecule has 1 saturated heterocycles. The van der Waals surface area contributed by atoms with Gasteiger partial charge in [0, 0.05) is 25.4 Å². The van der Waals surface area contributed by atoms with E-state index >= 15 is 0 Å². The predicted molar refractivity (Wildman–Crippen MR) is 96.6 cm³/mol. The summed E-state index contributed by atoms with van der Waals surface area (Å²) in [5.74, 6) is -0.698. The van der Waals surface area contributed by atoms with Gasteiger partial charge in [0.25, 0.3) is 0 Å². The zero-order valence-corrected chi connectivity index (χ0v) is 14.9. The molecule has 0 spiro atoms. The minimum atomic E-state index is -0.348. The number of carbonyl (C=O) groups is 2. The molecule has 0 aromatic heterocycles. The third-order valence-electron chi connectivity index (χ3n) is 4.39. The molecule has 2 N–H and O–H groups in total. The number of anilines is 1. The van der Waals surface area contributed by atoms with E-state index in [1.54, 1.807) is 12.1 Å². The second-order valence-corrected chi connectivity index (χ2v) is 6.34. The van der Waals surface area contributed by atoms with E-state index in [2.05, 4.69) is 11.8 Å². The van der Waals surface area contributed by atoms with E-state index in [-0.39, 0.29) is 24.4 Å². The molecule has 1 aliphatic heterocycles. The lowest BCUT2D eigenvalue weighted by Crippen LogP contribution is -2.41. The molecule has 6 heteroatoms. The van der Waals surface area contributed by atoms with Gasteiger partial charge in [-0.15, -0.1) is 0 Å². The van der Waals surface area contributed by atoms with Crippen LogP contribution in [0.25, 0.3) is 0 Å². The number of nitrogens with zero attached hydrogens (tertiary/aromatic N) is 1. The Morgan fingerprint density at radius 1 is 1.20 bits per heavy atom. The summed E-state index contributed by atoms with van der Waals surface area (Å²) in [6, 6.07) is 7.28. The van der Waals surface area contributed by atoms with Crippen molar-refractivity contribution >= 4 is 17.6 Å². The van der Waals surface area contributed by atoms with Crippen LogP contribution < -0.4 is 10.6 Å². The number of amides is 1. The molecule has 0 saturated carbocycles. The standard InChI is InChI=1S/C19H28N2O4/c1-2-3-11-24-12-13-25-19(23)15-6-8-17(9-7-15)21-10-4-5-16(14-21)18(20)22/h6-9,16H,2-5,10-14H2,1H3,(H2,20,22)/t16-/m0/s1. The Morgan fingerprint density at radius 3 is 2.64 bits per heavy atom. The van der Waals surface area contributed by atoms with Crippen molar-refractivity contribution in [3.8, 4) is 0 Å². The van der Waals surface area contributed by atoms with Crippen LogP contribution in [0.5, 0.6) is 0 Å². The van der Waals surface area contributed by atoms with Crippen LogP contribution in [-0.2, 0) is 14.3 Å². The quantitative estimate of drug-likeness (QED) is 0.547. The first-order chi connectivity index (χ1) is 12.1. The lowest BCUT2D eigenvalue weighted by Gasteiger charge is -2.33. The first-order valence-corrected chi connectivity index (χ1v) is 9.01. The largest absolute Gasteiger partial charge is 0.460 e. The molecule has 6 nitrogen and oxygen atoms in total. The van der Waals surface area contributed by atoms with Crippen LogP contribution in [0.2, 0.25) is 0 Å². The van der Waals surface area contributed by atoms with Crippen molar-refractivity contribution in [3.05, 3.63) is 29.8 Å². The van der Waals surface area contributed by atoms with Crippen LogP contribution in [0.1, 0.15) is 43.0 Å². The van der Waals surface area contributed by atoms with Crippen molar-refractivity contribution < 1.29 is 19.1 Å². The summed E-state index contributed by atoms with van der Waals surface area (Å²) in [6.45, 7) is 5.01. The summed E-state index contributed by atoms with van der Waals surface area (Å²) in [4.78, 5) is 25.5. The van der Waals surface area contributed by atoms with Gasteiger partial charge in [-0.1, -0.05) is 13.3 Å². The number of nitrogens with two attached hydrogens (primary N) is 1. The number of hydrogen-bond donors (Lipinski definition) is 1. The van der Waals surface area contributed by atoms with Crippen molar-refractivity contribution in [3.63, 3.8) is 0 Å². The average molecular weight is 348 g/mol. The van der Waals surface area contributed by atoms with Gasteiger partial charge in [0.2, 0.25) is 5.91 Å². The van der Waals surface area contributed by atoms with Gasteiger partial charge in [-0.2, -0.15) is 0 Å². The molecule has 0 radical (unpaired) electrons. The molecule has 2 rings (SSSR count). The van der Waals surface area contributed by atoms with Crippen molar-refractivity contribution in [2.24, 2.45) is 11.7 Å². The second kappa shape index (κ2) is 10.0. The van der Waals surface area contributed by atoms with Crippen molar-refractivity contribution in [2.45, 2.75) is 32.6 Å². The molecule has 1 fully saturated rings. The van der Waals surface area contributed by atoms with Crippen LogP contribution in [0.4, 0.5) is 5.69 Å². The SMILES string of the molecule is CCCCOCCOC(=O)c1ccc(N2CCC[C@H](C(N)=O)C2)cc1. The molecule has 25 heavy (non-hydrogen) atoms. The van der Waals surface area contributed by atoms with Crippen LogP contribution in [0, 0.1) is 5.92 Å². The molecule has 1 aromatic carbocycles. The van der Waals surface area contributed by atoms with E-state index < -0.39 is 0 Å². The van der Waals surface area contributed by atoms with Crippen LogP contribution >= 0.6 is 0 Å². The first-order valence-electron chi connectivity index (χ1n) is 9.01. The minimum absolute atomic E-state index is 0.105. The van der Waals surface area contributed by atoms with Gasteiger partial charge < -0.3 is 20.1 Å². The van der Waals surface area contributed by atoms with Crippen LogP contribution in [-0.4, -0.2) is 44.8 Å².